The van der Waals surface area contributed by atoms with Crippen LogP contribution in [0.15, 0.2) is 22.7 Å². The van der Waals surface area contributed by atoms with E-state index >= 15 is 0 Å². The Morgan fingerprint density at radius 1 is 1.31 bits per heavy atom. The summed E-state index contributed by atoms with van der Waals surface area (Å²) in [6, 6.07) is 1.83. The first kappa shape index (κ1) is 15.7. The summed E-state index contributed by atoms with van der Waals surface area (Å²) in [7, 11) is 0. The van der Waals surface area contributed by atoms with Crippen LogP contribution in [0.5, 0.6) is 0 Å². The van der Waals surface area contributed by atoms with Crippen LogP contribution in [0.25, 0.3) is 0 Å². The average molecular weight is 323 g/mol. The molecule has 0 saturated heterocycles. The second-order valence-electron chi connectivity index (χ2n) is 3.10. The second kappa shape index (κ2) is 5.84. The SMILES string of the molecule is Cl.NC(Cc1ccc(Br)c(F)c1)C(F)(F)F. The van der Waals surface area contributed by atoms with Crippen LogP contribution in [0.4, 0.5) is 17.6 Å². The first-order valence-electron chi connectivity index (χ1n) is 4.07. The number of benzene rings is 1. The molecule has 1 atom stereocenters. The molecule has 0 aliphatic rings. The first-order valence-corrected chi connectivity index (χ1v) is 4.86. The van der Waals surface area contributed by atoms with Gasteiger partial charge >= 0.3 is 6.18 Å². The standard InChI is InChI=1S/C9H8BrF4N.ClH/c10-6-2-1-5(3-7(6)11)4-8(15)9(12,13)14;/h1-3,8H,4,15H2;1H. The summed E-state index contributed by atoms with van der Waals surface area (Å²) in [5.41, 5.74) is 5.13. The van der Waals surface area contributed by atoms with E-state index in [0.29, 0.717) is 0 Å². The average Bonchev–Trinajstić information content (AvgIpc) is 2.10. The van der Waals surface area contributed by atoms with E-state index < -0.39 is 24.5 Å². The number of rotatable bonds is 2. The summed E-state index contributed by atoms with van der Waals surface area (Å²) in [4.78, 5) is 0. The molecule has 2 N–H and O–H groups in total. The monoisotopic (exact) mass is 321 g/mol. The Hall–Kier alpha value is -0.330. The molecular formula is C9H9BrClF4N. The maximum atomic E-state index is 13.0. The molecule has 1 unspecified atom stereocenters. The summed E-state index contributed by atoms with van der Waals surface area (Å²) in [5.74, 6) is -0.595. The Kier molecular flexibility index (Phi) is 5.72. The molecule has 0 heterocycles. The van der Waals surface area contributed by atoms with Gasteiger partial charge in [0.2, 0.25) is 0 Å². The molecule has 1 rings (SSSR count). The predicted molar refractivity (Wildman–Crippen MR) is 59.1 cm³/mol. The van der Waals surface area contributed by atoms with Crippen LogP contribution in [0.1, 0.15) is 5.56 Å². The largest absolute Gasteiger partial charge is 0.403 e. The zero-order valence-electron chi connectivity index (χ0n) is 7.89. The normalized spacial score (nSPS) is 13.1. The molecule has 1 aromatic rings. The zero-order chi connectivity index (χ0) is 11.6. The van der Waals surface area contributed by atoms with E-state index in [9.17, 15) is 17.6 Å². The number of nitrogens with two attached hydrogens (primary N) is 1. The molecule has 0 aliphatic heterocycles. The Morgan fingerprint density at radius 3 is 2.31 bits per heavy atom. The molecule has 7 heteroatoms. The Morgan fingerprint density at radius 2 is 1.88 bits per heavy atom. The van der Waals surface area contributed by atoms with Gasteiger partial charge in [0.1, 0.15) is 11.9 Å². The van der Waals surface area contributed by atoms with Crippen molar-refractivity contribution in [2.45, 2.75) is 18.6 Å². The molecule has 0 fully saturated rings. The molecule has 1 nitrogen and oxygen atoms in total. The van der Waals surface area contributed by atoms with E-state index in [1.54, 1.807) is 0 Å². The lowest BCUT2D eigenvalue weighted by Gasteiger charge is -2.15. The lowest BCUT2D eigenvalue weighted by molar-refractivity contribution is -0.147. The number of hydrogen-bond donors (Lipinski definition) is 1. The van der Waals surface area contributed by atoms with Crippen LogP contribution < -0.4 is 5.73 Å². The van der Waals surface area contributed by atoms with Crippen LogP contribution in [-0.4, -0.2) is 12.2 Å². The van der Waals surface area contributed by atoms with Gasteiger partial charge in [-0.2, -0.15) is 13.2 Å². The van der Waals surface area contributed by atoms with Crippen LogP contribution in [0.3, 0.4) is 0 Å². The molecule has 0 bridgehead atoms. The lowest BCUT2D eigenvalue weighted by atomic mass is 10.1. The van der Waals surface area contributed by atoms with E-state index in [4.69, 9.17) is 5.73 Å². The van der Waals surface area contributed by atoms with Gasteiger partial charge in [0.15, 0.2) is 0 Å². The van der Waals surface area contributed by atoms with Crippen molar-refractivity contribution in [1.82, 2.24) is 0 Å². The van der Waals surface area contributed by atoms with Gasteiger partial charge in [-0.05, 0) is 40.0 Å². The molecule has 0 spiro atoms. The van der Waals surface area contributed by atoms with Gasteiger partial charge < -0.3 is 5.73 Å². The third-order valence-electron chi connectivity index (χ3n) is 1.86. The molecule has 0 aromatic heterocycles. The molecule has 0 saturated carbocycles. The quantitative estimate of drug-likeness (QED) is 0.829. The van der Waals surface area contributed by atoms with Crippen molar-refractivity contribution in [1.29, 1.82) is 0 Å². The summed E-state index contributed by atoms with van der Waals surface area (Å²) >= 11 is 2.91. The van der Waals surface area contributed by atoms with Crippen molar-refractivity contribution in [2.24, 2.45) is 5.73 Å². The van der Waals surface area contributed by atoms with Crippen LogP contribution in [0.2, 0.25) is 0 Å². The lowest BCUT2D eigenvalue weighted by Crippen LogP contribution is -2.39. The highest BCUT2D eigenvalue weighted by Gasteiger charge is 2.36. The van der Waals surface area contributed by atoms with E-state index in [-0.39, 0.29) is 22.4 Å². The molecule has 1 aromatic carbocycles. The van der Waals surface area contributed by atoms with Crippen molar-refractivity contribution >= 4 is 28.3 Å². The van der Waals surface area contributed by atoms with Gasteiger partial charge in [0.25, 0.3) is 0 Å². The van der Waals surface area contributed by atoms with Gasteiger partial charge in [-0.15, -0.1) is 12.4 Å². The van der Waals surface area contributed by atoms with Gasteiger partial charge in [-0.1, -0.05) is 6.07 Å². The number of halogens is 6. The molecular weight excluding hydrogens is 313 g/mol. The van der Waals surface area contributed by atoms with Crippen molar-refractivity contribution in [3.05, 3.63) is 34.1 Å². The fourth-order valence-electron chi connectivity index (χ4n) is 1.04. The molecule has 16 heavy (non-hydrogen) atoms. The van der Waals surface area contributed by atoms with Gasteiger partial charge in [-0.25, -0.2) is 4.39 Å². The maximum Gasteiger partial charge on any atom is 0.403 e. The van der Waals surface area contributed by atoms with E-state index in [2.05, 4.69) is 15.9 Å². The second-order valence-corrected chi connectivity index (χ2v) is 3.96. The third kappa shape index (κ3) is 4.27. The third-order valence-corrected chi connectivity index (χ3v) is 2.50. The highest BCUT2D eigenvalue weighted by Crippen LogP contribution is 2.23. The summed E-state index contributed by atoms with van der Waals surface area (Å²) in [6.45, 7) is 0. The topological polar surface area (TPSA) is 26.0 Å². The van der Waals surface area contributed by atoms with E-state index in [1.165, 1.54) is 12.1 Å². The first-order chi connectivity index (χ1) is 6.80. The Labute approximate surface area is 105 Å². The highest BCUT2D eigenvalue weighted by atomic mass is 79.9. The maximum absolute atomic E-state index is 13.0. The smallest absolute Gasteiger partial charge is 0.320 e. The highest BCUT2D eigenvalue weighted by molar-refractivity contribution is 9.10. The molecule has 0 amide bonds. The Bertz CT molecular complexity index is 356. The van der Waals surface area contributed by atoms with Gasteiger partial charge in [-0.3, -0.25) is 0 Å². The predicted octanol–water partition coefficient (Wildman–Crippen LogP) is 3.44. The Balaban J connectivity index is 0.00000225. The summed E-state index contributed by atoms with van der Waals surface area (Å²) < 4.78 is 49.4. The molecule has 0 radical (unpaired) electrons. The van der Waals surface area contributed by atoms with Gasteiger partial charge in [0, 0.05) is 0 Å². The van der Waals surface area contributed by atoms with Crippen molar-refractivity contribution < 1.29 is 17.6 Å². The summed E-state index contributed by atoms with van der Waals surface area (Å²) in [6.07, 6.45) is -4.88. The minimum atomic E-state index is -4.45. The minimum Gasteiger partial charge on any atom is -0.320 e. The minimum absolute atomic E-state index is 0. The van der Waals surface area contributed by atoms with Crippen molar-refractivity contribution in [3.8, 4) is 0 Å². The van der Waals surface area contributed by atoms with Crippen LogP contribution in [0, 0.1) is 5.82 Å². The van der Waals surface area contributed by atoms with Crippen molar-refractivity contribution in [2.75, 3.05) is 0 Å². The van der Waals surface area contributed by atoms with Crippen molar-refractivity contribution in [3.63, 3.8) is 0 Å². The fourth-order valence-corrected chi connectivity index (χ4v) is 1.28. The van der Waals surface area contributed by atoms with E-state index in [0.717, 1.165) is 6.07 Å². The van der Waals surface area contributed by atoms with E-state index in [1.807, 2.05) is 0 Å². The number of alkyl halides is 3. The number of hydrogen-bond acceptors (Lipinski definition) is 1. The molecule has 0 aliphatic carbocycles. The molecule has 92 valence electrons. The van der Waals surface area contributed by atoms with Crippen LogP contribution >= 0.6 is 28.3 Å². The van der Waals surface area contributed by atoms with Gasteiger partial charge in [0.05, 0.1) is 4.47 Å². The zero-order valence-corrected chi connectivity index (χ0v) is 10.3. The fraction of sp³-hybridized carbons (Fsp3) is 0.333. The summed E-state index contributed by atoms with van der Waals surface area (Å²) in [5, 5.41) is 0. The van der Waals surface area contributed by atoms with Crippen LogP contribution in [-0.2, 0) is 6.42 Å².